The minimum Gasteiger partial charge on any atom is -0.469 e. The molecule has 0 radical (unpaired) electrons. The van der Waals surface area contributed by atoms with Crippen molar-refractivity contribution in [2.75, 3.05) is 33.4 Å². The molecular formula is C21H29NO5. The maximum absolute atomic E-state index is 12.7. The first-order chi connectivity index (χ1) is 13.1. The van der Waals surface area contributed by atoms with E-state index in [9.17, 15) is 9.59 Å². The Balaban J connectivity index is 1.51. The van der Waals surface area contributed by atoms with Crippen molar-refractivity contribution in [2.24, 2.45) is 0 Å². The number of carbonyl (C=O) groups is 2. The Kier molecular flexibility index (Phi) is 6.99. The van der Waals surface area contributed by atoms with Crippen molar-refractivity contribution in [1.82, 2.24) is 4.90 Å². The number of likely N-dealkylation sites (tertiary alicyclic amines) is 1. The standard InChI is InChI=1S/C21H29NO5/c1-25-20(24)9-5-4-8-19(23)18-7-3-2-6-17(18)16-22-12-10-21(11-13-22)26-14-15-27-21/h2-3,6-7H,4-5,8-16H2,1H3. The molecule has 1 aromatic carbocycles. The molecule has 0 unspecified atom stereocenters. The highest BCUT2D eigenvalue weighted by Gasteiger charge is 2.39. The molecular weight excluding hydrogens is 346 g/mol. The highest BCUT2D eigenvalue weighted by atomic mass is 16.7. The van der Waals surface area contributed by atoms with Gasteiger partial charge in [0, 0.05) is 50.9 Å². The third kappa shape index (κ3) is 5.37. The summed E-state index contributed by atoms with van der Waals surface area (Å²) in [6, 6.07) is 7.84. The van der Waals surface area contributed by atoms with Gasteiger partial charge in [0.05, 0.1) is 20.3 Å². The van der Waals surface area contributed by atoms with Gasteiger partial charge in [-0.3, -0.25) is 14.5 Å². The summed E-state index contributed by atoms with van der Waals surface area (Å²) < 4.78 is 16.2. The Morgan fingerprint density at radius 2 is 1.74 bits per heavy atom. The van der Waals surface area contributed by atoms with Gasteiger partial charge in [0.2, 0.25) is 0 Å². The number of hydrogen-bond acceptors (Lipinski definition) is 6. The maximum atomic E-state index is 12.7. The Morgan fingerprint density at radius 1 is 1.07 bits per heavy atom. The van der Waals surface area contributed by atoms with E-state index in [2.05, 4.69) is 9.64 Å². The van der Waals surface area contributed by atoms with E-state index < -0.39 is 0 Å². The highest BCUT2D eigenvalue weighted by Crippen LogP contribution is 2.32. The molecule has 0 amide bonds. The van der Waals surface area contributed by atoms with Crippen LogP contribution in [0.3, 0.4) is 0 Å². The number of benzene rings is 1. The molecule has 6 heteroatoms. The van der Waals surface area contributed by atoms with E-state index in [1.54, 1.807) is 0 Å². The Hall–Kier alpha value is -1.76. The molecule has 0 atom stereocenters. The lowest BCUT2D eigenvalue weighted by Gasteiger charge is -2.37. The minimum absolute atomic E-state index is 0.145. The predicted octanol–water partition coefficient (Wildman–Crippen LogP) is 2.94. The van der Waals surface area contributed by atoms with Gasteiger partial charge in [0.15, 0.2) is 11.6 Å². The molecule has 0 aliphatic carbocycles. The molecule has 1 aromatic rings. The largest absolute Gasteiger partial charge is 0.469 e. The first-order valence-electron chi connectivity index (χ1n) is 9.80. The summed E-state index contributed by atoms with van der Waals surface area (Å²) in [4.78, 5) is 26.2. The lowest BCUT2D eigenvalue weighted by Crippen LogP contribution is -2.44. The lowest BCUT2D eigenvalue weighted by molar-refractivity contribution is -0.185. The van der Waals surface area contributed by atoms with Crippen LogP contribution in [0.2, 0.25) is 0 Å². The van der Waals surface area contributed by atoms with Gasteiger partial charge in [-0.05, 0) is 18.4 Å². The van der Waals surface area contributed by atoms with E-state index >= 15 is 0 Å². The van der Waals surface area contributed by atoms with Crippen LogP contribution in [0.4, 0.5) is 0 Å². The zero-order chi connectivity index (χ0) is 19.1. The third-order valence-electron chi connectivity index (χ3n) is 5.41. The molecule has 0 bridgehead atoms. The molecule has 27 heavy (non-hydrogen) atoms. The van der Waals surface area contributed by atoms with Crippen LogP contribution < -0.4 is 0 Å². The van der Waals surface area contributed by atoms with Crippen molar-refractivity contribution in [3.8, 4) is 0 Å². The number of carbonyl (C=O) groups excluding carboxylic acids is 2. The van der Waals surface area contributed by atoms with Crippen molar-refractivity contribution < 1.29 is 23.8 Å². The number of esters is 1. The number of Topliss-reactive ketones (excluding diaryl/α,β-unsaturated/α-hetero) is 1. The Bertz CT molecular complexity index is 644. The average Bonchev–Trinajstić information content (AvgIpc) is 3.15. The monoisotopic (exact) mass is 375 g/mol. The molecule has 1 spiro atoms. The number of methoxy groups -OCH3 is 1. The minimum atomic E-state index is -0.370. The van der Waals surface area contributed by atoms with Crippen molar-refractivity contribution in [1.29, 1.82) is 0 Å². The van der Waals surface area contributed by atoms with Crippen molar-refractivity contribution >= 4 is 11.8 Å². The molecule has 2 aliphatic rings. The second-order valence-electron chi connectivity index (χ2n) is 7.25. The summed E-state index contributed by atoms with van der Waals surface area (Å²) in [6.45, 7) is 3.95. The Morgan fingerprint density at radius 3 is 2.44 bits per heavy atom. The van der Waals surface area contributed by atoms with E-state index in [0.29, 0.717) is 38.9 Å². The van der Waals surface area contributed by atoms with E-state index in [1.165, 1.54) is 7.11 Å². The molecule has 2 aliphatic heterocycles. The second-order valence-corrected chi connectivity index (χ2v) is 7.25. The van der Waals surface area contributed by atoms with Crippen LogP contribution in [0, 0.1) is 0 Å². The molecule has 0 N–H and O–H groups in total. The van der Waals surface area contributed by atoms with Gasteiger partial charge in [0.25, 0.3) is 0 Å². The van der Waals surface area contributed by atoms with E-state index in [1.807, 2.05) is 24.3 Å². The fraction of sp³-hybridized carbons (Fsp3) is 0.619. The van der Waals surface area contributed by atoms with Gasteiger partial charge >= 0.3 is 5.97 Å². The SMILES string of the molecule is COC(=O)CCCCC(=O)c1ccccc1CN1CCC2(CC1)OCCO2. The van der Waals surface area contributed by atoms with E-state index in [0.717, 1.165) is 43.6 Å². The molecule has 0 saturated carbocycles. The quantitative estimate of drug-likeness (QED) is 0.395. The normalized spacial score (nSPS) is 19.3. The van der Waals surface area contributed by atoms with Crippen LogP contribution in [0.5, 0.6) is 0 Å². The van der Waals surface area contributed by atoms with E-state index in [-0.39, 0.29) is 17.5 Å². The fourth-order valence-corrected chi connectivity index (χ4v) is 3.80. The number of rotatable bonds is 8. The topological polar surface area (TPSA) is 65.1 Å². The molecule has 6 nitrogen and oxygen atoms in total. The van der Waals surface area contributed by atoms with Crippen LogP contribution in [-0.4, -0.2) is 55.9 Å². The lowest BCUT2D eigenvalue weighted by atomic mass is 9.97. The number of piperidine rings is 1. The summed E-state index contributed by atoms with van der Waals surface area (Å²) in [5.41, 5.74) is 1.86. The molecule has 0 aromatic heterocycles. The van der Waals surface area contributed by atoms with E-state index in [4.69, 9.17) is 9.47 Å². The summed E-state index contributed by atoms with van der Waals surface area (Å²) in [5.74, 6) is -0.446. The van der Waals surface area contributed by atoms with Gasteiger partial charge < -0.3 is 14.2 Å². The van der Waals surface area contributed by atoms with Crippen molar-refractivity contribution in [3.63, 3.8) is 0 Å². The zero-order valence-corrected chi connectivity index (χ0v) is 16.1. The predicted molar refractivity (Wildman–Crippen MR) is 100 cm³/mol. The smallest absolute Gasteiger partial charge is 0.305 e. The summed E-state index contributed by atoms with van der Waals surface area (Å²) >= 11 is 0. The van der Waals surface area contributed by atoms with Crippen LogP contribution in [0.15, 0.2) is 24.3 Å². The van der Waals surface area contributed by atoms with Crippen LogP contribution in [0.25, 0.3) is 0 Å². The fourth-order valence-electron chi connectivity index (χ4n) is 3.80. The van der Waals surface area contributed by atoms with Crippen molar-refractivity contribution in [3.05, 3.63) is 35.4 Å². The molecule has 148 valence electrons. The first kappa shape index (κ1) is 20.0. The van der Waals surface area contributed by atoms with Gasteiger partial charge in [-0.2, -0.15) is 0 Å². The maximum Gasteiger partial charge on any atom is 0.305 e. The number of hydrogen-bond donors (Lipinski definition) is 0. The first-order valence-corrected chi connectivity index (χ1v) is 9.80. The summed E-state index contributed by atoms with van der Waals surface area (Å²) in [7, 11) is 1.39. The third-order valence-corrected chi connectivity index (χ3v) is 5.41. The number of ketones is 1. The zero-order valence-electron chi connectivity index (χ0n) is 16.1. The number of nitrogens with zero attached hydrogens (tertiary/aromatic N) is 1. The molecule has 2 saturated heterocycles. The summed E-state index contributed by atoms with van der Waals surface area (Å²) in [6.07, 6.45) is 3.94. The van der Waals surface area contributed by atoms with Crippen LogP contribution in [0.1, 0.15) is 54.4 Å². The van der Waals surface area contributed by atoms with Gasteiger partial charge in [-0.25, -0.2) is 0 Å². The van der Waals surface area contributed by atoms with Gasteiger partial charge in [-0.15, -0.1) is 0 Å². The molecule has 2 fully saturated rings. The van der Waals surface area contributed by atoms with Crippen LogP contribution in [-0.2, 0) is 25.5 Å². The van der Waals surface area contributed by atoms with Gasteiger partial charge in [-0.1, -0.05) is 24.3 Å². The second kappa shape index (κ2) is 9.44. The van der Waals surface area contributed by atoms with Gasteiger partial charge in [0.1, 0.15) is 0 Å². The Labute approximate surface area is 160 Å². The summed E-state index contributed by atoms with van der Waals surface area (Å²) in [5, 5.41) is 0. The highest BCUT2D eigenvalue weighted by molar-refractivity contribution is 5.97. The van der Waals surface area contributed by atoms with Crippen molar-refractivity contribution in [2.45, 2.75) is 50.9 Å². The number of ether oxygens (including phenoxy) is 3. The van der Waals surface area contributed by atoms with Crippen LogP contribution >= 0.6 is 0 Å². The number of unbranched alkanes of at least 4 members (excludes halogenated alkanes) is 1. The average molecular weight is 375 g/mol. The molecule has 3 rings (SSSR count). The molecule has 2 heterocycles.